The summed E-state index contributed by atoms with van der Waals surface area (Å²) in [7, 11) is 0. The van der Waals surface area contributed by atoms with Gasteiger partial charge < -0.3 is 15.1 Å². The van der Waals surface area contributed by atoms with Crippen LogP contribution in [0.3, 0.4) is 0 Å². The van der Waals surface area contributed by atoms with Gasteiger partial charge in [-0.25, -0.2) is 0 Å². The van der Waals surface area contributed by atoms with Crippen molar-refractivity contribution < 1.29 is 4.79 Å². The molecule has 0 saturated carbocycles. The second-order valence-corrected chi connectivity index (χ2v) is 7.33. The van der Waals surface area contributed by atoms with Crippen LogP contribution in [0.5, 0.6) is 0 Å². The number of H-pyrrole nitrogens is 1. The van der Waals surface area contributed by atoms with Gasteiger partial charge in [0.05, 0.1) is 5.92 Å². The first-order chi connectivity index (χ1) is 12.9. The van der Waals surface area contributed by atoms with Gasteiger partial charge in [-0.2, -0.15) is 0 Å². The molecule has 0 bridgehead atoms. The van der Waals surface area contributed by atoms with E-state index in [9.17, 15) is 4.79 Å². The number of aromatic amines is 1. The highest BCUT2D eigenvalue weighted by Gasteiger charge is 2.26. The lowest BCUT2D eigenvalue weighted by atomic mass is 9.87. The Morgan fingerprint density at radius 1 is 1.00 bits per heavy atom. The van der Waals surface area contributed by atoms with E-state index in [0.29, 0.717) is 0 Å². The average Bonchev–Trinajstić information content (AvgIpc) is 3.36. The predicted molar refractivity (Wildman–Crippen MR) is 107 cm³/mol. The van der Waals surface area contributed by atoms with Gasteiger partial charge in [0.15, 0.2) is 0 Å². The smallest absolute Gasteiger partial charge is 0.129 e. The first-order valence-electron chi connectivity index (χ1n) is 8.69. The minimum absolute atomic E-state index is 0.0880. The van der Waals surface area contributed by atoms with E-state index >= 15 is 0 Å². The maximum absolute atomic E-state index is 12.2. The van der Waals surface area contributed by atoms with Crippen LogP contribution in [0.1, 0.15) is 28.0 Å². The largest absolute Gasteiger partial charge is 0.361 e. The summed E-state index contributed by atoms with van der Waals surface area (Å²) in [6, 6.07) is 22.4. The zero-order valence-corrected chi connectivity index (χ0v) is 15.1. The molecule has 0 aliphatic rings. The van der Waals surface area contributed by atoms with Crippen LogP contribution in [0.2, 0.25) is 0 Å². The van der Waals surface area contributed by atoms with Crippen molar-refractivity contribution in [2.24, 2.45) is 0 Å². The number of para-hydroxylation sites is 1. The number of benzene rings is 2. The summed E-state index contributed by atoms with van der Waals surface area (Å²) in [6.07, 6.45) is 3.03. The van der Waals surface area contributed by atoms with E-state index in [4.69, 9.17) is 0 Å². The molecule has 2 heterocycles. The van der Waals surface area contributed by atoms with Gasteiger partial charge in [-0.05, 0) is 28.6 Å². The highest BCUT2D eigenvalue weighted by Crippen LogP contribution is 2.34. The van der Waals surface area contributed by atoms with Crippen molar-refractivity contribution in [3.63, 3.8) is 0 Å². The molecule has 3 nitrogen and oxygen atoms in total. The summed E-state index contributed by atoms with van der Waals surface area (Å²) in [5.74, 6) is -0.270. The zero-order chi connectivity index (χ0) is 17.8. The molecular formula is C22H20N2OS. The van der Waals surface area contributed by atoms with E-state index in [0.717, 1.165) is 34.9 Å². The van der Waals surface area contributed by atoms with Crippen LogP contribution in [0.25, 0.3) is 10.9 Å². The lowest BCUT2D eigenvalue weighted by Crippen LogP contribution is -2.27. The molecule has 2 aromatic carbocycles. The molecular weight excluding hydrogens is 340 g/mol. The fraction of sp³-hybridized carbons (Fsp3) is 0.136. The van der Waals surface area contributed by atoms with E-state index < -0.39 is 0 Å². The molecule has 0 spiro atoms. The van der Waals surface area contributed by atoms with Crippen LogP contribution in [-0.2, 0) is 11.3 Å². The minimum atomic E-state index is -0.270. The fourth-order valence-electron chi connectivity index (χ4n) is 3.44. The molecule has 4 heteroatoms. The van der Waals surface area contributed by atoms with Crippen molar-refractivity contribution in [2.75, 3.05) is 0 Å². The monoisotopic (exact) mass is 360 g/mol. The Hall–Kier alpha value is -2.69. The molecule has 0 fully saturated rings. The van der Waals surface area contributed by atoms with Gasteiger partial charge in [0.2, 0.25) is 0 Å². The number of aldehydes is 1. The SMILES string of the molecule is O=CC(c1c[nH]c2ccccc12)C(NCc1cccs1)c1ccccc1. The average molecular weight is 360 g/mol. The molecule has 2 atom stereocenters. The van der Waals surface area contributed by atoms with Gasteiger partial charge in [0, 0.05) is 34.6 Å². The van der Waals surface area contributed by atoms with Crippen LogP contribution < -0.4 is 5.32 Å². The minimum Gasteiger partial charge on any atom is -0.361 e. The highest BCUT2D eigenvalue weighted by molar-refractivity contribution is 7.09. The van der Waals surface area contributed by atoms with Crippen LogP contribution in [0, 0.1) is 0 Å². The molecule has 2 unspecified atom stereocenters. The Balaban J connectivity index is 1.71. The van der Waals surface area contributed by atoms with Crippen molar-refractivity contribution in [2.45, 2.75) is 18.5 Å². The number of rotatable bonds is 7. The normalized spacial score (nSPS) is 13.5. The Labute approximate surface area is 156 Å². The molecule has 4 aromatic rings. The van der Waals surface area contributed by atoms with Gasteiger partial charge in [0.1, 0.15) is 6.29 Å². The van der Waals surface area contributed by atoms with Crippen LogP contribution in [-0.4, -0.2) is 11.3 Å². The van der Waals surface area contributed by atoms with Crippen molar-refractivity contribution in [1.29, 1.82) is 0 Å². The third-order valence-corrected chi connectivity index (χ3v) is 5.60. The van der Waals surface area contributed by atoms with E-state index in [-0.39, 0.29) is 12.0 Å². The van der Waals surface area contributed by atoms with E-state index in [1.165, 1.54) is 4.88 Å². The zero-order valence-electron chi connectivity index (χ0n) is 14.3. The maximum atomic E-state index is 12.2. The lowest BCUT2D eigenvalue weighted by molar-refractivity contribution is -0.109. The molecule has 0 amide bonds. The number of carbonyl (C=O) groups excluding carboxylic acids is 1. The van der Waals surface area contributed by atoms with Crippen LogP contribution in [0.15, 0.2) is 78.3 Å². The molecule has 130 valence electrons. The number of nitrogens with one attached hydrogen (secondary N) is 2. The Morgan fingerprint density at radius 2 is 1.81 bits per heavy atom. The Kier molecular flexibility index (Phi) is 4.95. The molecule has 2 N–H and O–H groups in total. The maximum Gasteiger partial charge on any atom is 0.129 e. The number of hydrogen-bond donors (Lipinski definition) is 2. The third-order valence-electron chi connectivity index (χ3n) is 4.72. The van der Waals surface area contributed by atoms with Crippen molar-refractivity contribution >= 4 is 28.5 Å². The van der Waals surface area contributed by atoms with E-state index in [2.05, 4.69) is 46.0 Å². The van der Waals surface area contributed by atoms with E-state index in [1.807, 2.05) is 42.6 Å². The van der Waals surface area contributed by atoms with Crippen LogP contribution in [0.4, 0.5) is 0 Å². The summed E-state index contributed by atoms with van der Waals surface area (Å²) in [4.78, 5) is 16.7. The highest BCUT2D eigenvalue weighted by atomic mass is 32.1. The van der Waals surface area contributed by atoms with Gasteiger partial charge in [-0.1, -0.05) is 54.6 Å². The molecule has 0 saturated heterocycles. The number of fused-ring (bicyclic) bond motifs is 1. The lowest BCUT2D eigenvalue weighted by Gasteiger charge is -2.25. The molecule has 0 aliphatic heterocycles. The van der Waals surface area contributed by atoms with Crippen molar-refractivity contribution in [1.82, 2.24) is 10.3 Å². The van der Waals surface area contributed by atoms with Gasteiger partial charge >= 0.3 is 0 Å². The Morgan fingerprint density at radius 3 is 2.58 bits per heavy atom. The predicted octanol–water partition coefficient (Wildman–Crippen LogP) is 5.04. The fourth-order valence-corrected chi connectivity index (χ4v) is 4.09. The number of thiophene rings is 1. The second kappa shape index (κ2) is 7.68. The number of aromatic nitrogens is 1. The molecule has 0 radical (unpaired) electrons. The van der Waals surface area contributed by atoms with Crippen molar-refractivity contribution in [3.05, 3.63) is 94.3 Å². The summed E-state index contributed by atoms with van der Waals surface area (Å²) >= 11 is 1.72. The summed E-state index contributed by atoms with van der Waals surface area (Å²) in [6.45, 7) is 0.740. The number of hydrogen-bond acceptors (Lipinski definition) is 3. The second-order valence-electron chi connectivity index (χ2n) is 6.30. The third kappa shape index (κ3) is 3.34. The summed E-state index contributed by atoms with van der Waals surface area (Å²) in [5.41, 5.74) is 3.20. The quantitative estimate of drug-likeness (QED) is 0.453. The standard InChI is InChI=1S/C22H20N2OS/c25-15-20(19-14-23-21-11-5-4-10-18(19)21)22(16-7-2-1-3-8-16)24-13-17-9-6-12-26-17/h1-12,14-15,20,22-24H,13H2. The number of carbonyl (C=O) groups is 1. The van der Waals surface area contributed by atoms with Gasteiger partial charge in [-0.15, -0.1) is 11.3 Å². The molecule has 2 aromatic heterocycles. The van der Waals surface area contributed by atoms with Gasteiger partial charge in [-0.3, -0.25) is 0 Å². The van der Waals surface area contributed by atoms with Gasteiger partial charge in [0.25, 0.3) is 0 Å². The van der Waals surface area contributed by atoms with Crippen molar-refractivity contribution in [3.8, 4) is 0 Å². The van der Waals surface area contributed by atoms with Crippen LogP contribution >= 0.6 is 11.3 Å². The molecule has 0 aliphatic carbocycles. The topological polar surface area (TPSA) is 44.9 Å². The Bertz CT molecular complexity index is 976. The van der Waals surface area contributed by atoms with E-state index in [1.54, 1.807) is 11.3 Å². The summed E-state index contributed by atoms with van der Waals surface area (Å²) in [5, 5.41) is 6.78. The molecule has 4 rings (SSSR count). The first kappa shape index (κ1) is 16.8. The first-order valence-corrected chi connectivity index (χ1v) is 9.57. The molecule has 26 heavy (non-hydrogen) atoms. The summed E-state index contributed by atoms with van der Waals surface area (Å²) < 4.78 is 0.